The number of nitrogen functional groups attached to an aromatic ring is 1. The summed E-state index contributed by atoms with van der Waals surface area (Å²) in [6, 6.07) is 1.56. The average Bonchev–Trinajstić information content (AvgIpc) is 2.36. The average molecular weight is 271 g/mol. The number of nitrogens with one attached hydrogen (secondary N) is 1. The minimum absolute atomic E-state index is 0.111. The maximum Gasteiger partial charge on any atom is 0.255 e. The lowest BCUT2D eigenvalue weighted by Gasteiger charge is -2.34. The summed E-state index contributed by atoms with van der Waals surface area (Å²) in [6.07, 6.45) is 2.32. The molecule has 1 aromatic heterocycles. The molecule has 6 heteroatoms. The van der Waals surface area contributed by atoms with E-state index in [1.54, 1.807) is 18.0 Å². The third-order valence-corrected chi connectivity index (χ3v) is 3.59. The number of hydrazine groups is 1. The van der Waals surface area contributed by atoms with Crippen LogP contribution in [0.25, 0.3) is 0 Å². The molecule has 1 heterocycles. The highest BCUT2D eigenvalue weighted by molar-refractivity contribution is 6.33. The van der Waals surface area contributed by atoms with Crippen molar-refractivity contribution in [3.63, 3.8) is 0 Å². The Bertz CT molecular complexity index is 448. The van der Waals surface area contributed by atoms with Gasteiger partial charge in [0.15, 0.2) is 5.82 Å². The van der Waals surface area contributed by atoms with E-state index in [2.05, 4.69) is 10.4 Å². The van der Waals surface area contributed by atoms with Gasteiger partial charge in [-0.15, -0.1) is 0 Å². The van der Waals surface area contributed by atoms with Crippen LogP contribution in [0.2, 0.25) is 5.02 Å². The van der Waals surface area contributed by atoms with Gasteiger partial charge in [-0.2, -0.15) is 0 Å². The fraction of sp³-hybridized carbons (Fsp3) is 0.500. The van der Waals surface area contributed by atoms with Crippen molar-refractivity contribution in [3.8, 4) is 0 Å². The second-order valence-corrected chi connectivity index (χ2v) is 5.14. The maximum absolute atomic E-state index is 12.3. The highest BCUT2D eigenvalue weighted by Crippen LogP contribution is 2.23. The number of nitrogens with two attached hydrogens (primary N) is 1. The van der Waals surface area contributed by atoms with Crippen LogP contribution in [0.4, 0.5) is 5.82 Å². The van der Waals surface area contributed by atoms with Crippen molar-refractivity contribution in [3.05, 3.63) is 22.8 Å². The van der Waals surface area contributed by atoms with Crippen LogP contribution in [0, 0.1) is 0 Å². The van der Waals surface area contributed by atoms with Gasteiger partial charge in [0, 0.05) is 18.8 Å². The first-order valence-corrected chi connectivity index (χ1v) is 6.11. The van der Waals surface area contributed by atoms with E-state index in [0.717, 1.165) is 6.42 Å². The van der Waals surface area contributed by atoms with Gasteiger partial charge >= 0.3 is 0 Å². The van der Waals surface area contributed by atoms with Crippen LogP contribution in [0.5, 0.6) is 0 Å². The molecule has 0 bridgehead atoms. The fourth-order valence-electron chi connectivity index (χ4n) is 1.37. The minimum Gasteiger partial charge on any atom is -0.337 e. The molecule has 0 aromatic carbocycles. The lowest BCUT2D eigenvalue weighted by Crippen LogP contribution is -2.44. The third kappa shape index (κ3) is 2.91. The molecule has 3 N–H and O–H groups in total. The Morgan fingerprint density at radius 1 is 1.61 bits per heavy atom. The summed E-state index contributed by atoms with van der Waals surface area (Å²) in [5.41, 5.74) is 2.60. The molecule has 5 nitrogen and oxygen atoms in total. The molecule has 0 radical (unpaired) electrons. The van der Waals surface area contributed by atoms with Gasteiger partial charge in [0.05, 0.1) is 10.6 Å². The molecule has 0 saturated heterocycles. The van der Waals surface area contributed by atoms with Gasteiger partial charge in [-0.05, 0) is 26.3 Å². The number of hydrogen-bond acceptors (Lipinski definition) is 4. The second-order valence-electron chi connectivity index (χ2n) is 4.73. The maximum atomic E-state index is 12.3. The molecule has 1 amide bonds. The first kappa shape index (κ1) is 14.7. The number of carbonyl (C=O) groups excluding carboxylic acids is 1. The Morgan fingerprint density at radius 3 is 2.67 bits per heavy atom. The lowest BCUT2D eigenvalue weighted by atomic mass is 9.99. The number of aromatic nitrogens is 1. The molecular formula is C12H19ClN4O. The van der Waals surface area contributed by atoms with Gasteiger partial charge in [0.2, 0.25) is 0 Å². The number of halogens is 1. The van der Waals surface area contributed by atoms with Gasteiger partial charge < -0.3 is 10.3 Å². The molecule has 0 unspecified atom stereocenters. The highest BCUT2D eigenvalue weighted by Gasteiger charge is 2.26. The standard InChI is InChI=1S/C12H19ClN4O/c1-5-12(2,3)17(4)11(18)8-6-9(13)10(16-14)15-7-8/h6-7H,5,14H2,1-4H3,(H,15,16). The molecule has 0 aliphatic rings. The van der Waals surface area contributed by atoms with E-state index in [1.165, 1.54) is 6.20 Å². The van der Waals surface area contributed by atoms with Crippen molar-refractivity contribution in [2.24, 2.45) is 5.84 Å². The fourth-order valence-corrected chi connectivity index (χ4v) is 1.59. The van der Waals surface area contributed by atoms with Gasteiger partial charge in [-0.3, -0.25) is 4.79 Å². The van der Waals surface area contributed by atoms with E-state index in [1.807, 2.05) is 20.8 Å². The van der Waals surface area contributed by atoms with Crippen molar-refractivity contribution < 1.29 is 4.79 Å². The van der Waals surface area contributed by atoms with Crippen LogP contribution in [0.3, 0.4) is 0 Å². The summed E-state index contributed by atoms with van der Waals surface area (Å²) in [7, 11) is 1.77. The topological polar surface area (TPSA) is 71.2 Å². The first-order chi connectivity index (χ1) is 8.33. The number of pyridine rings is 1. The number of amides is 1. The zero-order valence-corrected chi connectivity index (χ0v) is 11.9. The molecular weight excluding hydrogens is 252 g/mol. The van der Waals surface area contributed by atoms with Gasteiger partial charge in [-0.25, -0.2) is 10.8 Å². The third-order valence-electron chi connectivity index (χ3n) is 3.30. The van der Waals surface area contributed by atoms with Crippen LogP contribution in [-0.4, -0.2) is 28.4 Å². The zero-order valence-electron chi connectivity index (χ0n) is 11.1. The second kappa shape index (κ2) is 5.54. The van der Waals surface area contributed by atoms with Crippen LogP contribution < -0.4 is 11.3 Å². The number of rotatable bonds is 4. The van der Waals surface area contributed by atoms with Crippen LogP contribution in [0.15, 0.2) is 12.3 Å². The van der Waals surface area contributed by atoms with E-state index in [0.29, 0.717) is 16.4 Å². The number of anilines is 1. The molecule has 0 saturated carbocycles. The highest BCUT2D eigenvalue weighted by atomic mass is 35.5. The molecule has 0 aliphatic heterocycles. The number of hydrogen-bond donors (Lipinski definition) is 2. The van der Waals surface area contributed by atoms with Gasteiger partial charge in [0.25, 0.3) is 5.91 Å². The molecule has 0 atom stereocenters. The Hall–Kier alpha value is -1.33. The molecule has 1 rings (SSSR count). The minimum atomic E-state index is -0.214. The predicted octanol–water partition coefficient (Wildman–Crippen LogP) is 2.28. The van der Waals surface area contributed by atoms with Crippen LogP contribution >= 0.6 is 11.6 Å². The monoisotopic (exact) mass is 270 g/mol. The van der Waals surface area contributed by atoms with Crippen molar-refractivity contribution in [2.75, 3.05) is 12.5 Å². The Balaban J connectivity index is 3.01. The molecule has 100 valence electrons. The summed E-state index contributed by atoms with van der Waals surface area (Å²) in [6.45, 7) is 6.06. The summed E-state index contributed by atoms with van der Waals surface area (Å²) in [5.74, 6) is 5.48. The molecule has 0 aliphatic carbocycles. The van der Waals surface area contributed by atoms with Crippen LogP contribution in [0.1, 0.15) is 37.6 Å². The van der Waals surface area contributed by atoms with Crippen molar-refractivity contribution in [1.82, 2.24) is 9.88 Å². The van der Waals surface area contributed by atoms with E-state index in [-0.39, 0.29) is 11.4 Å². The summed E-state index contributed by atoms with van der Waals surface area (Å²) < 4.78 is 0. The first-order valence-electron chi connectivity index (χ1n) is 5.73. The largest absolute Gasteiger partial charge is 0.337 e. The summed E-state index contributed by atoms with van der Waals surface area (Å²) >= 11 is 5.95. The van der Waals surface area contributed by atoms with Crippen molar-refractivity contribution >= 4 is 23.3 Å². The zero-order chi connectivity index (χ0) is 13.9. The SMILES string of the molecule is CCC(C)(C)N(C)C(=O)c1cnc(NN)c(Cl)c1. The van der Waals surface area contributed by atoms with E-state index in [4.69, 9.17) is 17.4 Å². The van der Waals surface area contributed by atoms with Crippen molar-refractivity contribution in [2.45, 2.75) is 32.7 Å². The smallest absolute Gasteiger partial charge is 0.255 e. The molecule has 1 aromatic rings. The van der Waals surface area contributed by atoms with Gasteiger partial charge in [0.1, 0.15) is 0 Å². The van der Waals surface area contributed by atoms with Crippen LogP contribution in [-0.2, 0) is 0 Å². The quantitative estimate of drug-likeness (QED) is 0.650. The van der Waals surface area contributed by atoms with Crippen molar-refractivity contribution in [1.29, 1.82) is 0 Å². The predicted molar refractivity (Wildman–Crippen MR) is 73.5 cm³/mol. The summed E-state index contributed by atoms with van der Waals surface area (Å²) in [5, 5.41) is 0.325. The Morgan fingerprint density at radius 2 is 2.22 bits per heavy atom. The Labute approximate surface area is 112 Å². The van der Waals surface area contributed by atoms with E-state index < -0.39 is 0 Å². The lowest BCUT2D eigenvalue weighted by molar-refractivity contribution is 0.0620. The normalized spacial score (nSPS) is 11.2. The molecule has 0 fully saturated rings. The summed E-state index contributed by atoms with van der Waals surface area (Å²) in [4.78, 5) is 18.0. The molecule has 0 spiro atoms. The number of carbonyl (C=O) groups is 1. The van der Waals surface area contributed by atoms with E-state index >= 15 is 0 Å². The molecule has 18 heavy (non-hydrogen) atoms. The van der Waals surface area contributed by atoms with E-state index in [9.17, 15) is 4.79 Å². The number of nitrogens with zero attached hydrogens (tertiary/aromatic N) is 2. The Kier molecular flexibility index (Phi) is 4.53. The van der Waals surface area contributed by atoms with Gasteiger partial charge in [-0.1, -0.05) is 18.5 Å².